The number of halogens is 1. The van der Waals surface area contributed by atoms with Gasteiger partial charge >= 0.3 is 0 Å². The minimum atomic E-state index is 0.741. The molecule has 2 aromatic heterocycles. The van der Waals surface area contributed by atoms with Gasteiger partial charge < -0.3 is 5.73 Å². The van der Waals surface area contributed by atoms with Gasteiger partial charge in [-0.15, -0.1) is 0 Å². The molecule has 0 fully saturated rings. The maximum Gasteiger partial charge on any atom is 0.102 e. The fraction of sp³-hybridized carbons (Fsp3) is 0.125. The Morgan fingerprint density at radius 2 is 2.33 bits per heavy atom. The molecule has 0 atom stereocenters. The molecule has 2 N–H and O–H groups in total. The summed E-state index contributed by atoms with van der Waals surface area (Å²) in [6.07, 6.45) is 1.70. The standard InChI is InChI=1S/C8H8BrN3/c1-5-4-6(9)8-7(10)2-3-11-12(5)8/h2-4H,10H2,1H3. The first kappa shape index (κ1) is 7.61. The number of nitrogens with two attached hydrogens (primary N) is 1. The molecule has 0 saturated carbocycles. The van der Waals surface area contributed by atoms with E-state index in [1.807, 2.05) is 17.5 Å². The van der Waals surface area contributed by atoms with E-state index in [0.29, 0.717) is 0 Å². The van der Waals surface area contributed by atoms with Gasteiger partial charge in [0.25, 0.3) is 0 Å². The molecule has 0 aliphatic heterocycles. The maximum atomic E-state index is 5.78. The van der Waals surface area contributed by atoms with Crippen molar-refractivity contribution in [3.63, 3.8) is 0 Å². The van der Waals surface area contributed by atoms with Crippen LogP contribution >= 0.6 is 15.9 Å². The molecule has 0 radical (unpaired) electrons. The first-order chi connectivity index (χ1) is 5.70. The molecular weight excluding hydrogens is 218 g/mol. The number of anilines is 1. The minimum Gasteiger partial charge on any atom is -0.397 e. The van der Waals surface area contributed by atoms with Crippen molar-refractivity contribution in [2.24, 2.45) is 0 Å². The molecule has 2 aromatic rings. The zero-order chi connectivity index (χ0) is 8.72. The Labute approximate surface area is 78.3 Å². The smallest absolute Gasteiger partial charge is 0.102 e. The second-order valence-electron chi connectivity index (χ2n) is 2.68. The molecule has 0 saturated heterocycles. The lowest BCUT2D eigenvalue weighted by Gasteiger charge is -1.98. The van der Waals surface area contributed by atoms with Crippen LogP contribution in [-0.4, -0.2) is 9.61 Å². The van der Waals surface area contributed by atoms with Gasteiger partial charge in [-0.05, 0) is 35.0 Å². The van der Waals surface area contributed by atoms with Crippen molar-refractivity contribution in [2.45, 2.75) is 6.92 Å². The van der Waals surface area contributed by atoms with Gasteiger partial charge in [-0.2, -0.15) is 5.10 Å². The molecule has 0 aliphatic carbocycles. The van der Waals surface area contributed by atoms with Crippen molar-refractivity contribution in [3.05, 3.63) is 28.5 Å². The molecule has 3 nitrogen and oxygen atoms in total. The van der Waals surface area contributed by atoms with Crippen LogP contribution in [0.5, 0.6) is 0 Å². The SMILES string of the molecule is Cc1cc(Br)c2c(N)ccnn12. The number of aryl methyl sites for hydroxylation is 1. The number of hydrogen-bond acceptors (Lipinski definition) is 2. The van der Waals surface area contributed by atoms with Gasteiger partial charge in [0.1, 0.15) is 5.52 Å². The highest BCUT2D eigenvalue weighted by molar-refractivity contribution is 9.10. The van der Waals surface area contributed by atoms with Crippen LogP contribution in [0.1, 0.15) is 5.69 Å². The summed E-state index contributed by atoms with van der Waals surface area (Å²) in [5.41, 5.74) is 8.53. The normalized spacial score (nSPS) is 10.8. The summed E-state index contributed by atoms with van der Waals surface area (Å²) in [5, 5.41) is 4.17. The lowest BCUT2D eigenvalue weighted by Crippen LogP contribution is -1.96. The van der Waals surface area contributed by atoms with Crippen molar-refractivity contribution >= 4 is 27.1 Å². The third-order valence-electron chi connectivity index (χ3n) is 1.82. The molecule has 2 heterocycles. The van der Waals surface area contributed by atoms with Gasteiger partial charge in [0, 0.05) is 16.4 Å². The maximum absolute atomic E-state index is 5.78. The summed E-state index contributed by atoms with van der Waals surface area (Å²) < 4.78 is 2.81. The lowest BCUT2D eigenvalue weighted by molar-refractivity contribution is 0.903. The summed E-state index contributed by atoms with van der Waals surface area (Å²) in [5.74, 6) is 0. The second kappa shape index (κ2) is 2.48. The van der Waals surface area contributed by atoms with Crippen LogP contribution < -0.4 is 5.73 Å². The minimum absolute atomic E-state index is 0.741. The molecule has 0 unspecified atom stereocenters. The summed E-state index contributed by atoms with van der Waals surface area (Å²) >= 11 is 3.43. The van der Waals surface area contributed by atoms with E-state index in [4.69, 9.17) is 5.73 Å². The van der Waals surface area contributed by atoms with Crippen LogP contribution in [0.3, 0.4) is 0 Å². The van der Waals surface area contributed by atoms with Crippen molar-refractivity contribution in [3.8, 4) is 0 Å². The van der Waals surface area contributed by atoms with Crippen LogP contribution in [-0.2, 0) is 0 Å². The van der Waals surface area contributed by atoms with E-state index in [-0.39, 0.29) is 0 Å². The number of aromatic nitrogens is 2. The van der Waals surface area contributed by atoms with Crippen LogP contribution in [0, 0.1) is 6.92 Å². The quantitative estimate of drug-likeness (QED) is 0.746. The average molecular weight is 226 g/mol. The van der Waals surface area contributed by atoms with E-state index >= 15 is 0 Å². The highest BCUT2D eigenvalue weighted by Crippen LogP contribution is 2.25. The van der Waals surface area contributed by atoms with Crippen molar-refractivity contribution < 1.29 is 0 Å². The van der Waals surface area contributed by atoms with E-state index in [1.54, 1.807) is 12.3 Å². The Kier molecular flexibility index (Phi) is 1.58. The number of rotatable bonds is 0. The molecule has 62 valence electrons. The van der Waals surface area contributed by atoms with E-state index in [9.17, 15) is 0 Å². The van der Waals surface area contributed by atoms with Gasteiger partial charge in [0.05, 0.1) is 5.69 Å². The molecule has 2 rings (SSSR count). The molecule has 4 heteroatoms. The van der Waals surface area contributed by atoms with Gasteiger partial charge in [-0.3, -0.25) is 0 Å². The number of hydrogen-bond donors (Lipinski definition) is 1. The molecule has 0 aliphatic rings. The topological polar surface area (TPSA) is 43.3 Å². The third kappa shape index (κ3) is 0.914. The van der Waals surface area contributed by atoms with Crippen LogP contribution in [0.15, 0.2) is 22.8 Å². The van der Waals surface area contributed by atoms with Gasteiger partial charge in [-0.25, -0.2) is 4.52 Å². The summed E-state index contributed by atoms with van der Waals surface area (Å²) in [7, 11) is 0. The van der Waals surface area contributed by atoms with E-state index in [1.165, 1.54) is 0 Å². The number of nitrogens with zero attached hydrogens (tertiary/aromatic N) is 2. The predicted molar refractivity (Wildman–Crippen MR) is 52.0 cm³/mol. The molecule has 12 heavy (non-hydrogen) atoms. The van der Waals surface area contributed by atoms with Crippen LogP contribution in [0.25, 0.3) is 5.52 Å². The average Bonchev–Trinajstić information content (AvgIpc) is 2.29. The Balaban J connectivity index is 2.99. The molecule has 0 aromatic carbocycles. The Morgan fingerprint density at radius 1 is 1.58 bits per heavy atom. The first-order valence-corrected chi connectivity index (χ1v) is 4.38. The fourth-order valence-electron chi connectivity index (χ4n) is 1.26. The number of nitrogen functional groups attached to an aromatic ring is 1. The largest absolute Gasteiger partial charge is 0.397 e. The molecule has 0 amide bonds. The van der Waals surface area contributed by atoms with Gasteiger partial charge in [-0.1, -0.05) is 0 Å². The Bertz CT molecular complexity index is 433. The highest BCUT2D eigenvalue weighted by atomic mass is 79.9. The highest BCUT2D eigenvalue weighted by Gasteiger charge is 2.06. The van der Waals surface area contributed by atoms with Gasteiger partial charge in [0.2, 0.25) is 0 Å². The van der Waals surface area contributed by atoms with Gasteiger partial charge in [0.15, 0.2) is 0 Å². The summed E-state index contributed by atoms with van der Waals surface area (Å²) in [4.78, 5) is 0. The van der Waals surface area contributed by atoms with E-state index in [2.05, 4.69) is 21.0 Å². The van der Waals surface area contributed by atoms with E-state index < -0.39 is 0 Å². The fourth-order valence-corrected chi connectivity index (χ4v) is 1.99. The Hall–Kier alpha value is -1.03. The molecule has 0 spiro atoms. The zero-order valence-electron chi connectivity index (χ0n) is 6.58. The Morgan fingerprint density at radius 3 is 3.00 bits per heavy atom. The number of fused-ring (bicyclic) bond motifs is 1. The predicted octanol–water partition coefficient (Wildman–Crippen LogP) is 1.99. The van der Waals surface area contributed by atoms with E-state index in [0.717, 1.165) is 21.4 Å². The first-order valence-electron chi connectivity index (χ1n) is 3.58. The summed E-state index contributed by atoms with van der Waals surface area (Å²) in [6, 6.07) is 3.79. The van der Waals surface area contributed by atoms with Crippen LogP contribution in [0.2, 0.25) is 0 Å². The van der Waals surface area contributed by atoms with Crippen molar-refractivity contribution in [2.75, 3.05) is 5.73 Å². The van der Waals surface area contributed by atoms with Crippen LogP contribution in [0.4, 0.5) is 5.69 Å². The molecule has 0 bridgehead atoms. The molecular formula is C8H8BrN3. The second-order valence-corrected chi connectivity index (χ2v) is 3.53. The van der Waals surface area contributed by atoms with Crippen molar-refractivity contribution in [1.82, 2.24) is 9.61 Å². The monoisotopic (exact) mass is 225 g/mol. The zero-order valence-corrected chi connectivity index (χ0v) is 8.17. The third-order valence-corrected chi connectivity index (χ3v) is 2.42. The lowest BCUT2D eigenvalue weighted by atomic mass is 10.4. The van der Waals surface area contributed by atoms with Crippen molar-refractivity contribution in [1.29, 1.82) is 0 Å². The summed E-state index contributed by atoms with van der Waals surface area (Å²) in [6.45, 7) is 1.99.